The Bertz CT molecular complexity index is 995. The molecule has 7 heteroatoms. The lowest BCUT2D eigenvalue weighted by Gasteiger charge is -2.27. The van der Waals surface area contributed by atoms with Crippen LogP contribution in [0, 0.1) is 0 Å². The van der Waals surface area contributed by atoms with Crippen molar-refractivity contribution >= 4 is 23.1 Å². The van der Waals surface area contributed by atoms with Crippen molar-refractivity contribution in [3.05, 3.63) is 62.9 Å². The number of fused-ring (bicyclic) bond motifs is 1. The lowest BCUT2D eigenvalue weighted by Crippen LogP contribution is -2.35. The second-order valence-electron chi connectivity index (χ2n) is 6.46. The summed E-state index contributed by atoms with van der Waals surface area (Å²) in [5.74, 6) is 0.867. The summed E-state index contributed by atoms with van der Waals surface area (Å²) in [6, 6.07) is 12.5. The Kier molecular flexibility index (Phi) is 5.33. The molecule has 5 nitrogen and oxygen atoms in total. The van der Waals surface area contributed by atoms with Crippen molar-refractivity contribution in [1.82, 2.24) is 14.9 Å². The maximum absolute atomic E-state index is 12.3. The Morgan fingerprint density at radius 3 is 2.81 bits per heavy atom. The molecule has 3 heterocycles. The molecule has 3 aromatic rings. The van der Waals surface area contributed by atoms with E-state index in [4.69, 9.17) is 4.74 Å². The molecule has 0 atom stereocenters. The van der Waals surface area contributed by atoms with Crippen LogP contribution in [-0.2, 0) is 19.5 Å². The third kappa shape index (κ3) is 3.95. The van der Waals surface area contributed by atoms with E-state index in [1.807, 2.05) is 18.4 Å². The molecule has 0 spiro atoms. The second-order valence-corrected chi connectivity index (χ2v) is 8.42. The molecule has 140 valence electrons. The van der Waals surface area contributed by atoms with Gasteiger partial charge in [0.1, 0.15) is 5.75 Å². The molecule has 0 fully saturated rings. The van der Waals surface area contributed by atoms with E-state index in [0.717, 1.165) is 36.5 Å². The normalized spacial score (nSPS) is 14.1. The van der Waals surface area contributed by atoms with Gasteiger partial charge in [0, 0.05) is 35.8 Å². The molecular formula is C20H21N3O2S2. The van der Waals surface area contributed by atoms with Gasteiger partial charge in [0.2, 0.25) is 0 Å². The summed E-state index contributed by atoms with van der Waals surface area (Å²) in [4.78, 5) is 24.6. The zero-order valence-electron chi connectivity index (χ0n) is 15.3. The van der Waals surface area contributed by atoms with Crippen molar-refractivity contribution in [3.8, 4) is 16.2 Å². The van der Waals surface area contributed by atoms with E-state index in [9.17, 15) is 4.79 Å². The largest absolute Gasteiger partial charge is 0.497 e. The summed E-state index contributed by atoms with van der Waals surface area (Å²) in [5.41, 5.74) is 2.95. The number of ether oxygens (including phenoxy) is 1. The van der Waals surface area contributed by atoms with Gasteiger partial charge in [-0.25, -0.2) is 4.98 Å². The Morgan fingerprint density at radius 1 is 1.26 bits per heavy atom. The standard InChI is InChI=1S/C20H21N3O2S2/c1-25-14-5-3-13(4-6-14)18-8-7-15(27-18)11-23-10-9-17-16(12-23)19(24)22-20(21-17)26-2/h3-8H,9-12H2,1-2H3,(H,21,22,24). The molecule has 27 heavy (non-hydrogen) atoms. The maximum Gasteiger partial charge on any atom is 0.256 e. The Labute approximate surface area is 166 Å². The number of H-pyrrole nitrogens is 1. The molecule has 1 aliphatic rings. The summed E-state index contributed by atoms with van der Waals surface area (Å²) in [6.07, 6.45) is 2.75. The van der Waals surface area contributed by atoms with Gasteiger partial charge in [-0.05, 0) is 48.2 Å². The van der Waals surface area contributed by atoms with Crippen molar-refractivity contribution in [2.24, 2.45) is 0 Å². The van der Waals surface area contributed by atoms with Crippen LogP contribution < -0.4 is 10.3 Å². The number of nitrogens with one attached hydrogen (secondary N) is 1. The molecule has 2 aromatic heterocycles. The van der Waals surface area contributed by atoms with E-state index >= 15 is 0 Å². The highest BCUT2D eigenvalue weighted by Gasteiger charge is 2.21. The number of aromatic amines is 1. The maximum atomic E-state index is 12.3. The third-order valence-corrected chi connectivity index (χ3v) is 6.43. The molecule has 0 aliphatic carbocycles. The van der Waals surface area contributed by atoms with E-state index < -0.39 is 0 Å². The van der Waals surface area contributed by atoms with E-state index in [-0.39, 0.29) is 5.56 Å². The van der Waals surface area contributed by atoms with Gasteiger partial charge in [-0.2, -0.15) is 0 Å². The number of hydrogen-bond acceptors (Lipinski definition) is 6. The summed E-state index contributed by atoms with van der Waals surface area (Å²) >= 11 is 3.27. The number of thiophene rings is 1. The molecule has 1 aromatic carbocycles. The highest BCUT2D eigenvalue weighted by Crippen LogP contribution is 2.30. The zero-order chi connectivity index (χ0) is 18.8. The van der Waals surface area contributed by atoms with Gasteiger partial charge in [-0.15, -0.1) is 11.3 Å². The number of nitrogens with zero attached hydrogens (tertiary/aromatic N) is 2. The molecule has 0 unspecified atom stereocenters. The van der Waals surface area contributed by atoms with E-state index in [1.54, 1.807) is 18.4 Å². The zero-order valence-corrected chi connectivity index (χ0v) is 17.0. The molecule has 0 amide bonds. The van der Waals surface area contributed by atoms with E-state index in [1.165, 1.54) is 27.1 Å². The van der Waals surface area contributed by atoms with Gasteiger partial charge in [-0.3, -0.25) is 9.69 Å². The van der Waals surface area contributed by atoms with Gasteiger partial charge in [0.25, 0.3) is 5.56 Å². The van der Waals surface area contributed by atoms with Crippen LogP contribution in [0.4, 0.5) is 0 Å². The smallest absolute Gasteiger partial charge is 0.256 e. The van der Waals surface area contributed by atoms with Crippen molar-refractivity contribution < 1.29 is 4.74 Å². The molecule has 1 N–H and O–H groups in total. The Balaban J connectivity index is 1.47. The van der Waals surface area contributed by atoms with Crippen LogP contribution in [0.3, 0.4) is 0 Å². The predicted molar refractivity (Wildman–Crippen MR) is 111 cm³/mol. The quantitative estimate of drug-likeness (QED) is 0.523. The lowest BCUT2D eigenvalue weighted by atomic mass is 10.1. The van der Waals surface area contributed by atoms with Crippen LogP contribution in [-0.4, -0.2) is 34.8 Å². The fraction of sp³-hybridized carbons (Fsp3) is 0.300. The third-order valence-electron chi connectivity index (χ3n) is 4.73. The van der Waals surface area contributed by atoms with Crippen LogP contribution in [0.1, 0.15) is 16.1 Å². The first-order chi connectivity index (χ1) is 13.2. The van der Waals surface area contributed by atoms with Gasteiger partial charge >= 0.3 is 0 Å². The summed E-state index contributed by atoms with van der Waals surface area (Å²) in [7, 11) is 1.68. The number of hydrogen-bond donors (Lipinski definition) is 1. The fourth-order valence-corrected chi connectivity index (χ4v) is 4.74. The second kappa shape index (κ2) is 7.88. The van der Waals surface area contributed by atoms with Crippen LogP contribution >= 0.6 is 23.1 Å². The van der Waals surface area contributed by atoms with E-state index in [2.05, 4.69) is 39.1 Å². The van der Waals surface area contributed by atoms with Crippen molar-refractivity contribution in [3.63, 3.8) is 0 Å². The van der Waals surface area contributed by atoms with Crippen LogP contribution in [0.2, 0.25) is 0 Å². The van der Waals surface area contributed by atoms with Crippen molar-refractivity contribution in [2.45, 2.75) is 24.7 Å². The monoisotopic (exact) mass is 399 g/mol. The van der Waals surface area contributed by atoms with Gasteiger partial charge in [0.05, 0.1) is 18.4 Å². The van der Waals surface area contributed by atoms with Crippen LogP contribution in [0.5, 0.6) is 5.75 Å². The number of thioether (sulfide) groups is 1. The SMILES string of the molecule is COc1ccc(-c2ccc(CN3CCc4nc(SC)[nH]c(=O)c4C3)s2)cc1. The van der Waals surface area contributed by atoms with Gasteiger partial charge in [0.15, 0.2) is 5.16 Å². The highest BCUT2D eigenvalue weighted by molar-refractivity contribution is 7.98. The summed E-state index contributed by atoms with van der Waals surface area (Å²) < 4.78 is 5.23. The van der Waals surface area contributed by atoms with Gasteiger partial charge < -0.3 is 9.72 Å². The molecule has 0 bridgehead atoms. The topological polar surface area (TPSA) is 58.2 Å². The predicted octanol–water partition coefficient (Wildman–Crippen LogP) is 3.79. The van der Waals surface area contributed by atoms with E-state index in [0.29, 0.717) is 11.7 Å². The minimum absolute atomic E-state index is 0.000786. The van der Waals surface area contributed by atoms with Crippen LogP contribution in [0.15, 0.2) is 46.3 Å². The minimum atomic E-state index is -0.000786. The molecular weight excluding hydrogens is 378 g/mol. The average Bonchev–Trinajstić information content (AvgIpc) is 3.16. The molecule has 0 radical (unpaired) electrons. The first-order valence-electron chi connectivity index (χ1n) is 8.78. The number of benzene rings is 1. The summed E-state index contributed by atoms with van der Waals surface area (Å²) in [6.45, 7) is 2.43. The van der Waals surface area contributed by atoms with Crippen LogP contribution in [0.25, 0.3) is 10.4 Å². The summed E-state index contributed by atoms with van der Waals surface area (Å²) in [5, 5.41) is 0.703. The van der Waals surface area contributed by atoms with Gasteiger partial charge in [-0.1, -0.05) is 11.8 Å². The first-order valence-corrected chi connectivity index (χ1v) is 10.8. The molecule has 0 saturated heterocycles. The highest BCUT2D eigenvalue weighted by atomic mass is 32.2. The first kappa shape index (κ1) is 18.3. The van der Waals surface area contributed by atoms with Crippen molar-refractivity contribution in [2.75, 3.05) is 19.9 Å². The average molecular weight is 400 g/mol. The molecule has 0 saturated carbocycles. The lowest BCUT2D eigenvalue weighted by molar-refractivity contribution is 0.243. The minimum Gasteiger partial charge on any atom is -0.497 e. The Hall–Kier alpha value is -2.09. The number of rotatable bonds is 5. The van der Waals surface area contributed by atoms with Crippen molar-refractivity contribution in [1.29, 1.82) is 0 Å². The fourth-order valence-electron chi connectivity index (χ4n) is 3.28. The molecule has 1 aliphatic heterocycles. The number of aromatic nitrogens is 2. The number of methoxy groups -OCH3 is 1. The Morgan fingerprint density at radius 2 is 2.07 bits per heavy atom. The molecule has 4 rings (SSSR count).